The lowest BCUT2D eigenvalue weighted by Crippen LogP contribution is -2.39. The van der Waals surface area contributed by atoms with Crippen molar-refractivity contribution >= 4 is 5.91 Å². The zero-order valence-electron chi connectivity index (χ0n) is 12.2. The van der Waals surface area contributed by atoms with Crippen LogP contribution in [0.2, 0.25) is 0 Å². The van der Waals surface area contributed by atoms with Gasteiger partial charge in [-0.1, -0.05) is 19.0 Å². The molecule has 5 nitrogen and oxygen atoms in total. The Bertz CT molecular complexity index is 393. The van der Waals surface area contributed by atoms with Crippen molar-refractivity contribution in [1.82, 2.24) is 10.5 Å². The fourth-order valence-electron chi connectivity index (χ4n) is 2.09. The van der Waals surface area contributed by atoms with Crippen LogP contribution in [0.15, 0.2) is 4.52 Å². The van der Waals surface area contributed by atoms with E-state index in [4.69, 9.17) is 9.63 Å². The fourth-order valence-corrected chi connectivity index (χ4v) is 2.09. The first-order chi connectivity index (χ1) is 8.95. The van der Waals surface area contributed by atoms with E-state index < -0.39 is 0 Å². The van der Waals surface area contributed by atoms with Gasteiger partial charge < -0.3 is 14.9 Å². The maximum Gasteiger partial charge on any atom is 0.220 e. The predicted molar refractivity (Wildman–Crippen MR) is 72.8 cm³/mol. The topological polar surface area (TPSA) is 75.4 Å². The van der Waals surface area contributed by atoms with Gasteiger partial charge in [0.05, 0.1) is 5.69 Å². The molecule has 0 aliphatic heterocycles. The summed E-state index contributed by atoms with van der Waals surface area (Å²) in [5.74, 6) is 1.10. The second-order valence-electron chi connectivity index (χ2n) is 5.23. The number of rotatable bonds is 7. The Kier molecular flexibility index (Phi) is 6.02. The van der Waals surface area contributed by atoms with E-state index in [1.807, 2.05) is 27.7 Å². The third-order valence-electron chi connectivity index (χ3n) is 3.37. The lowest BCUT2D eigenvalue weighted by molar-refractivity contribution is -0.122. The van der Waals surface area contributed by atoms with Crippen LogP contribution < -0.4 is 5.32 Å². The van der Waals surface area contributed by atoms with E-state index in [2.05, 4.69) is 10.5 Å². The minimum Gasteiger partial charge on any atom is -0.396 e. The average molecular weight is 268 g/mol. The molecule has 1 aromatic heterocycles. The van der Waals surface area contributed by atoms with Gasteiger partial charge in [-0.25, -0.2) is 0 Å². The maximum atomic E-state index is 11.9. The Labute approximate surface area is 114 Å². The standard InChI is InChI=1S/C14H24N2O3/c1-9(2)13(7-8-17)15-14(18)6-5-12-10(3)16-19-11(12)4/h9,13,17H,5-8H2,1-4H3,(H,15,18). The van der Waals surface area contributed by atoms with Crippen LogP contribution in [-0.4, -0.2) is 28.8 Å². The number of nitrogens with zero attached hydrogens (tertiary/aromatic N) is 1. The molecule has 0 aromatic carbocycles. The lowest BCUT2D eigenvalue weighted by atomic mass is 10.0. The SMILES string of the molecule is Cc1noc(C)c1CCC(=O)NC(CCO)C(C)C. The van der Waals surface area contributed by atoms with Crippen LogP contribution in [0.1, 0.15) is 43.7 Å². The van der Waals surface area contributed by atoms with Crippen molar-refractivity contribution in [1.29, 1.82) is 0 Å². The molecule has 1 rings (SSSR count). The predicted octanol–water partition coefficient (Wildman–Crippen LogP) is 1.75. The monoisotopic (exact) mass is 268 g/mol. The van der Waals surface area contributed by atoms with Crippen LogP contribution in [-0.2, 0) is 11.2 Å². The average Bonchev–Trinajstić information content (AvgIpc) is 2.66. The highest BCUT2D eigenvalue weighted by atomic mass is 16.5. The summed E-state index contributed by atoms with van der Waals surface area (Å²) in [7, 11) is 0. The van der Waals surface area contributed by atoms with Gasteiger partial charge in [0.1, 0.15) is 5.76 Å². The summed E-state index contributed by atoms with van der Waals surface area (Å²) >= 11 is 0. The number of aliphatic hydroxyl groups is 1. The Morgan fingerprint density at radius 3 is 2.58 bits per heavy atom. The van der Waals surface area contributed by atoms with E-state index in [0.29, 0.717) is 25.2 Å². The third kappa shape index (κ3) is 4.67. The Balaban J connectivity index is 2.47. The minimum atomic E-state index is 0.00662. The van der Waals surface area contributed by atoms with Gasteiger partial charge in [0, 0.05) is 24.6 Å². The highest BCUT2D eigenvalue weighted by molar-refractivity contribution is 5.76. The largest absolute Gasteiger partial charge is 0.396 e. The summed E-state index contributed by atoms with van der Waals surface area (Å²) in [6.07, 6.45) is 1.64. The van der Waals surface area contributed by atoms with Crippen LogP contribution in [0.4, 0.5) is 0 Å². The molecule has 0 aliphatic carbocycles. The van der Waals surface area contributed by atoms with E-state index in [1.54, 1.807) is 0 Å². The second-order valence-corrected chi connectivity index (χ2v) is 5.23. The van der Waals surface area contributed by atoms with Crippen LogP contribution in [0.3, 0.4) is 0 Å². The van der Waals surface area contributed by atoms with Gasteiger partial charge in [0.15, 0.2) is 0 Å². The van der Waals surface area contributed by atoms with Crippen LogP contribution in [0.25, 0.3) is 0 Å². The number of hydrogen-bond donors (Lipinski definition) is 2. The summed E-state index contributed by atoms with van der Waals surface area (Å²) in [4.78, 5) is 11.9. The highest BCUT2D eigenvalue weighted by Crippen LogP contribution is 2.14. The Morgan fingerprint density at radius 1 is 1.42 bits per heavy atom. The Hall–Kier alpha value is -1.36. The molecule has 0 fully saturated rings. The molecule has 0 saturated carbocycles. The first kappa shape index (κ1) is 15.7. The summed E-state index contributed by atoms with van der Waals surface area (Å²) in [5, 5.41) is 15.8. The van der Waals surface area contributed by atoms with E-state index in [1.165, 1.54) is 0 Å². The molecule has 108 valence electrons. The molecule has 0 radical (unpaired) electrons. The molecule has 1 amide bonds. The molecule has 0 aliphatic rings. The Morgan fingerprint density at radius 2 is 2.11 bits per heavy atom. The number of amides is 1. The van der Waals surface area contributed by atoms with Crippen molar-refractivity contribution in [3.05, 3.63) is 17.0 Å². The van der Waals surface area contributed by atoms with Crippen molar-refractivity contribution in [2.24, 2.45) is 5.92 Å². The number of aryl methyl sites for hydroxylation is 2. The smallest absolute Gasteiger partial charge is 0.220 e. The summed E-state index contributed by atoms with van der Waals surface area (Å²) in [6, 6.07) is 0.0298. The molecule has 1 unspecified atom stereocenters. The first-order valence-corrected chi connectivity index (χ1v) is 6.77. The molecule has 19 heavy (non-hydrogen) atoms. The minimum absolute atomic E-state index is 0.00662. The summed E-state index contributed by atoms with van der Waals surface area (Å²) in [5.41, 5.74) is 1.86. The van der Waals surface area contributed by atoms with Crippen LogP contribution in [0, 0.1) is 19.8 Å². The number of nitrogens with one attached hydrogen (secondary N) is 1. The molecule has 1 aromatic rings. The molecule has 0 spiro atoms. The van der Waals surface area contributed by atoms with Crippen molar-refractivity contribution in [2.75, 3.05) is 6.61 Å². The summed E-state index contributed by atoms with van der Waals surface area (Å²) in [6.45, 7) is 7.90. The molecule has 5 heteroatoms. The van der Waals surface area contributed by atoms with Crippen molar-refractivity contribution in [3.63, 3.8) is 0 Å². The summed E-state index contributed by atoms with van der Waals surface area (Å²) < 4.78 is 5.07. The fraction of sp³-hybridized carbons (Fsp3) is 0.714. The number of carbonyl (C=O) groups is 1. The van der Waals surface area contributed by atoms with E-state index in [-0.39, 0.29) is 18.6 Å². The molecule has 1 atom stereocenters. The van der Waals surface area contributed by atoms with Gasteiger partial charge in [0.25, 0.3) is 0 Å². The number of hydrogen-bond acceptors (Lipinski definition) is 4. The number of aromatic nitrogens is 1. The van der Waals surface area contributed by atoms with Crippen molar-refractivity contribution in [2.45, 2.75) is 53.0 Å². The van der Waals surface area contributed by atoms with Crippen molar-refractivity contribution in [3.8, 4) is 0 Å². The molecule has 0 bridgehead atoms. The zero-order chi connectivity index (χ0) is 14.4. The quantitative estimate of drug-likeness (QED) is 0.790. The number of carbonyl (C=O) groups excluding carboxylic acids is 1. The van der Waals surface area contributed by atoms with E-state index >= 15 is 0 Å². The van der Waals surface area contributed by atoms with Gasteiger partial charge in [-0.3, -0.25) is 4.79 Å². The highest BCUT2D eigenvalue weighted by Gasteiger charge is 2.16. The second kappa shape index (κ2) is 7.28. The molecular weight excluding hydrogens is 244 g/mol. The normalized spacial score (nSPS) is 12.7. The van der Waals surface area contributed by atoms with Gasteiger partial charge >= 0.3 is 0 Å². The molecule has 2 N–H and O–H groups in total. The number of aliphatic hydroxyl groups excluding tert-OH is 1. The van der Waals surface area contributed by atoms with E-state index in [9.17, 15) is 4.79 Å². The van der Waals surface area contributed by atoms with Crippen LogP contribution in [0.5, 0.6) is 0 Å². The first-order valence-electron chi connectivity index (χ1n) is 6.77. The molecule has 0 saturated heterocycles. The van der Waals surface area contributed by atoms with Crippen molar-refractivity contribution < 1.29 is 14.4 Å². The lowest BCUT2D eigenvalue weighted by Gasteiger charge is -2.21. The zero-order valence-corrected chi connectivity index (χ0v) is 12.2. The van der Waals surface area contributed by atoms with E-state index in [0.717, 1.165) is 17.0 Å². The molecular formula is C14H24N2O3. The molecule has 1 heterocycles. The van der Waals surface area contributed by atoms with Gasteiger partial charge in [0.2, 0.25) is 5.91 Å². The maximum absolute atomic E-state index is 11.9. The van der Waals surface area contributed by atoms with Gasteiger partial charge in [-0.2, -0.15) is 0 Å². The van der Waals surface area contributed by atoms with Gasteiger partial charge in [-0.15, -0.1) is 0 Å². The van der Waals surface area contributed by atoms with Gasteiger partial charge in [-0.05, 0) is 32.6 Å². The third-order valence-corrected chi connectivity index (χ3v) is 3.37. The van der Waals surface area contributed by atoms with Crippen LogP contribution >= 0.6 is 0 Å².